The molecule has 1 aromatic rings. The number of hydrogen-bond donors (Lipinski definition) is 1. The van der Waals surface area contributed by atoms with E-state index in [0.29, 0.717) is 19.8 Å². The second-order valence-electron chi connectivity index (χ2n) is 5.28. The molecule has 1 fully saturated rings. The lowest BCUT2D eigenvalue weighted by Gasteiger charge is -2.32. The maximum Gasteiger partial charge on any atom is 0.317 e. The van der Waals surface area contributed by atoms with Crippen LogP contribution >= 0.6 is 0 Å². The van der Waals surface area contributed by atoms with E-state index >= 15 is 0 Å². The molecular formula is C16H25N3O3. The molecule has 0 unspecified atom stereocenters. The van der Waals surface area contributed by atoms with Gasteiger partial charge in [0, 0.05) is 32.2 Å². The standard InChI is InChI=1S/C16H25N3O3/c1-3-21-14-5-4-6-15(13-14)22-12-7-17-16(20)19-10-8-18(2)9-11-19/h4-6,13H,3,7-12H2,1-2H3,(H,17,20). The van der Waals surface area contributed by atoms with Crippen molar-refractivity contribution in [3.8, 4) is 11.5 Å². The number of amides is 2. The van der Waals surface area contributed by atoms with E-state index in [1.165, 1.54) is 0 Å². The highest BCUT2D eigenvalue weighted by atomic mass is 16.5. The van der Waals surface area contributed by atoms with Crippen LogP contribution in [0.4, 0.5) is 4.79 Å². The van der Waals surface area contributed by atoms with Crippen LogP contribution in [-0.4, -0.2) is 68.8 Å². The summed E-state index contributed by atoms with van der Waals surface area (Å²) in [5.74, 6) is 1.54. The highest BCUT2D eigenvalue weighted by Gasteiger charge is 2.18. The van der Waals surface area contributed by atoms with Gasteiger partial charge < -0.3 is 24.6 Å². The number of ether oxygens (including phenoxy) is 2. The average molecular weight is 307 g/mol. The Kier molecular flexibility index (Phi) is 6.33. The fraction of sp³-hybridized carbons (Fsp3) is 0.562. The molecule has 6 nitrogen and oxygen atoms in total. The van der Waals surface area contributed by atoms with E-state index < -0.39 is 0 Å². The molecule has 6 heteroatoms. The van der Waals surface area contributed by atoms with Crippen molar-refractivity contribution in [3.05, 3.63) is 24.3 Å². The predicted octanol–water partition coefficient (Wildman–Crippen LogP) is 1.42. The Morgan fingerprint density at radius 3 is 2.55 bits per heavy atom. The third kappa shape index (κ3) is 5.11. The minimum absolute atomic E-state index is 0.0141. The first kappa shape index (κ1) is 16.4. The van der Waals surface area contributed by atoms with Gasteiger partial charge in [0.2, 0.25) is 0 Å². The molecular weight excluding hydrogens is 282 g/mol. The number of nitrogens with one attached hydrogen (secondary N) is 1. The summed E-state index contributed by atoms with van der Waals surface area (Å²) in [5, 5.41) is 2.89. The topological polar surface area (TPSA) is 54.0 Å². The Morgan fingerprint density at radius 1 is 1.18 bits per heavy atom. The van der Waals surface area contributed by atoms with Gasteiger partial charge in [0.25, 0.3) is 0 Å². The molecule has 0 saturated carbocycles. The molecule has 0 aromatic heterocycles. The zero-order chi connectivity index (χ0) is 15.8. The third-order valence-corrected chi connectivity index (χ3v) is 3.55. The zero-order valence-electron chi connectivity index (χ0n) is 13.4. The Hall–Kier alpha value is -1.95. The van der Waals surface area contributed by atoms with Crippen LogP contribution in [0.25, 0.3) is 0 Å². The van der Waals surface area contributed by atoms with Crippen LogP contribution < -0.4 is 14.8 Å². The second-order valence-corrected chi connectivity index (χ2v) is 5.28. The number of urea groups is 1. The fourth-order valence-electron chi connectivity index (χ4n) is 2.27. The lowest BCUT2D eigenvalue weighted by atomic mass is 10.3. The van der Waals surface area contributed by atoms with Crippen LogP contribution in [0.2, 0.25) is 0 Å². The highest BCUT2D eigenvalue weighted by molar-refractivity contribution is 5.74. The van der Waals surface area contributed by atoms with Crippen molar-refractivity contribution in [1.82, 2.24) is 15.1 Å². The minimum Gasteiger partial charge on any atom is -0.494 e. The largest absolute Gasteiger partial charge is 0.494 e. The van der Waals surface area contributed by atoms with Crippen LogP contribution in [0.5, 0.6) is 11.5 Å². The summed E-state index contributed by atoms with van der Waals surface area (Å²) in [6, 6.07) is 7.50. The smallest absolute Gasteiger partial charge is 0.317 e. The molecule has 22 heavy (non-hydrogen) atoms. The van der Waals surface area contributed by atoms with E-state index in [2.05, 4.69) is 17.3 Å². The van der Waals surface area contributed by atoms with Gasteiger partial charge in [-0.05, 0) is 26.1 Å². The molecule has 0 radical (unpaired) electrons. The molecule has 2 amide bonds. The van der Waals surface area contributed by atoms with Crippen molar-refractivity contribution in [1.29, 1.82) is 0 Å². The first-order chi connectivity index (χ1) is 10.7. The Balaban J connectivity index is 1.66. The number of carbonyl (C=O) groups excluding carboxylic acids is 1. The SMILES string of the molecule is CCOc1cccc(OCCNC(=O)N2CCN(C)CC2)c1. The van der Waals surface area contributed by atoms with Gasteiger partial charge in [-0.3, -0.25) is 0 Å². The van der Waals surface area contributed by atoms with Crippen molar-refractivity contribution in [3.63, 3.8) is 0 Å². The number of nitrogens with zero attached hydrogens (tertiary/aromatic N) is 2. The Bertz CT molecular complexity index is 473. The van der Waals surface area contributed by atoms with Crippen molar-refractivity contribution in [2.75, 3.05) is 53.0 Å². The van der Waals surface area contributed by atoms with Crippen LogP contribution in [0.1, 0.15) is 6.92 Å². The molecule has 1 saturated heterocycles. The van der Waals surface area contributed by atoms with Gasteiger partial charge in [0.15, 0.2) is 0 Å². The zero-order valence-corrected chi connectivity index (χ0v) is 13.4. The first-order valence-electron chi connectivity index (χ1n) is 7.76. The Morgan fingerprint density at radius 2 is 1.86 bits per heavy atom. The van der Waals surface area contributed by atoms with Gasteiger partial charge >= 0.3 is 6.03 Å². The molecule has 0 bridgehead atoms. The molecule has 1 heterocycles. The van der Waals surface area contributed by atoms with Crippen molar-refractivity contribution >= 4 is 6.03 Å². The molecule has 0 aliphatic carbocycles. The summed E-state index contributed by atoms with van der Waals surface area (Å²) in [4.78, 5) is 16.0. The van der Waals surface area contributed by atoms with E-state index in [-0.39, 0.29) is 6.03 Å². The number of hydrogen-bond acceptors (Lipinski definition) is 4. The van der Waals surface area contributed by atoms with Gasteiger partial charge in [-0.2, -0.15) is 0 Å². The normalized spacial score (nSPS) is 15.5. The quantitative estimate of drug-likeness (QED) is 0.808. The highest BCUT2D eigenvalue weighted by Crippen LogP contribution is 2.19. The molecule has 1 aliphatic heterocycles. The Labute approximate surface area is 132 Å². The van der Waals surface area contributed by atoms with Crippen molar-refractivity contribution in [2.45, 2.75) is 6.92 Å². The molecule has 0 atom stereocenters. The van der Waals surface area contributed by atoms with Crippen LogP contribution in [-0.2, 0) is 0 Å². The lowest BCUT2D eigenvalue weighted by Crippen LogP contribution is -2.51. The van der Waals surface area contributed by atoms with E-state index in [4.69, 9.17) is 9.47 Å². The number of benzene rings is 1. The van der Waals surface area contributed by atoms with Gasteiger partial charge in [-0.1, -0.05) is 6.07 Å². The molecule has 1 N–H and O–H groups in total. The van der Waals surface area contributed by atoms with Crippen LogP contribution in [0, 0.1) is 0 Å². The maximum absolute atomic E-state index is 12.0. The summed E-state index contributed by atoms with van der Waals surface area (Å²) in [6.45, 7) is 6.91. The van der Waals surface area contributed by atoms with Crippen LogP contribution in [0.3, 0.4) is 0 Å². The summed E-state index contributed by atoms with van der Waals surface area (Å²) in [6.07, 6.45) is 0. The van der Waals surface area contributed by atoms with Gasteiger partial charge in [0.05, 0.1) is 13.2 Å². The average Bonchev–Trinajstić information content (AvgIpc) is 2.53. The molecule has 122 valence electrons. The third-order valence-electron chi connectivity index (χ3n) is 3.55. The van der Waals surface area contributed by atoms with Gasteiger partial charge in [-0.25, -0.2) is 4.79 Å². The lowest BCUT2D eigenvalue weighted by molar-refractivity contribution is 0.153. The molecule has 1 aromatic carbocycles. The van der Waals surface area contributed by atoms with E-state index in [1.54, 1.807) is 0 Å². The van der Waals surface area contributed by atoms with Crippen molar-refractivity contribution in [2.24, 2.45) is 0 Å². The number of rotatable bonds is 6. The summed E-state index contributed by atoms with van der Waals surface area (Å²) < 4.78 is 11.0. The molecule has 1 aliphatic rings. The summed E-state index contributed by atoms with van der Waals surface area (Å²) in [5.41, 5.74) is 0. The summed E-state index contributed by atoms with van der Waals surface area (Å²) >= 11 is 0. The second kappa shape index (κ2) is 8.48. The number of likely N-dealkylation sites (N-methyl/N-ethyl adjacent to an activating group) is 1. The predicted molar refractivity (Wildman–Crippen MR) is 85.6 cm³/mol. The van der Waals surface area contributed by atoms with Gasteiger partial charge in [-0.15, -0.1) is 0 Å². The van der Waals surface area contributed by atoms with Gasteiger partial charge in [0.1, 0.15) is 18.1 Å². The molecule has 0 spiro atoms. The monoisotopic (exact) mass is 307 g/mol. The first-order valence-corrected chi connectivity index (χ1v) is 7.76. The van der Waals surface area contributed by atoms with E-state index in [9.17, 15) is 4.79 Å². The van der Waals surface area contributed by atoms with E-state index in [0.717, 1.165) is 37.7 Å². The number of carbonyl (C=O) groups is 1. The van der Waals surface area contributed by atoms with Crippen molar-refractivity contribution < 1.29 is 14.3 Å². The minimum atomic E-state index is -0.0141. The fourth-order valence-corrected chi connectivity index (χ4v) is 2.27. The number of piperazine rings is 1. The maximum atomic E-state index is 12.0. The molecule has 2 rings (SSSR count). The summed E-state index contributed by atoms with van der Waals surface area (Å²) in [7, 11) is 2.07. The van der Waals surface area contributed by atoms with E-state index in [1.807, 2.05) is 36.1 Å². The van der Waals surface area contributed by atoms with Crippen LogP contribution in [0.15, 0.2) is 24.3 Å².